The van der Waals surface area contributed by atoms with Crippen molar-refractivity contribution in [2.24, 2.45) is 0 Å². The van der Waals surface area contributed by atoms with Gasteiger partial charge >= 0.3 is 0 Å². The van der Waals surface area contributed by atoms with Gasteiger partial charge in [-0.15, -0.1) is 0 Å². The van der Waals surface area contributed by atoms with Gasteiger partial charge in [0.05, 0.1) is 16.2 Å². The highest BCUT2D eigenvalue weighted by Gasteiger charge is 2.35. The second-order valence-corrected chi connectivity index (χ2v) is 7.11. The Labute approximate surface area is 181 Å². The second-order valence-electron chi connectivity index (χ2n) is 6.72. The second kappa shape index (κ2) is 7.96. The van der Waals surface area contributed by atoms with Crippen LogP contribution in [0, 0.1) is 17.0 Å². The number of carbonyl (C=O) groups excluding carboxylic acids is 2. The maximum absolute atomic E-state index is 13.1. The number of nitrogens with one attached hydrogen (secondary N) is 1. The van der Waals surface area contributed by atoms with E-state index < -0.39 is 16.7 Å². The first-order chi connectivity index (χ1) is 14.9. The number of hydrogen-bond acceptors (Lipinski definition) is 6. The normalized spacial score (nSPS) is 15.3. The van der Waals surface area contributed by atoms with E-state index in [1.807, 2.05) is 19.1 Å². The van der Waals surface area contributed by atoms with Crippen molar-refractivity contribution in [3.8, 4) is 11.3 Å². The Morgan fingerprint density at radius 3 is 2.52 bits per heavy atom. The fraction of sp³-hybridized carbons (Fsp3) is 0.0455. The number of anilines is 1. The molecule has 4 rings (SSSR count). The van der Waals surface area contributed by atoms with E-state index in [-0.39, 0.29) is 27.9 Å². The quantitative estimate of drug-likeness (QED) is 0.219. The molecular weight excluding hydrogens is 418 g/mol. The summed E-state index contributed by atoms with van der Waals surface area (Å²) in [5.41, 5.74) is 1.38. The molecule has 31 heavy (non-hydrogen) atoms. The number of hydrogen-bond donors (Lipinski definition) is 1. The van der Waals surface area contributed by atoms with Gasteiger partial charge in [0.2, 0.25) is 0 Å². The summed E-state index contributed by atoms with van der Waals surface area (Å²) in [6.07, 6.45) is 1.29. The number of amides is 2. The summed E-state index contributed by atoms with van der Waals surface area (Å²) < 4.78 is 5.69. The Morgan fingerprint density at radius 2 is 1.77 bits per heavy atom. The van der Waals surface area contributed by atoms with Crippen molar-refractivity contribution in [1.82, 2.24) is 5.32 Å². The molecule has 1 aromatic heterocycles. The van der Waals surface area contributed by atoms with Crippen molar-refractivity contribution >= 4 is 46.6 Å². The van der Waals surface area contributed by atoms with Gasteiger partial charge in [0.1, 0.15) is 17.1 Å². The van der Waals surface area contributed by atoms with E-state index >= 15 is 0 Å². The standard InChI is InChI=1S/C22H15N3O5S/c1-13-6-2-4-8-17(13)24-21(27)16(20(26)23-22(24)31)12-14-10-11-19(30-14)15-7-3-5-9-18(15)25(28)29/h2-12H,1H3,(H,23,26,31)/b16-12-. The Hall–Kier alpha value is -4.11. The molecule has 0 bridgehead atoms. The minimum atomic E-state index is -0.650. The van der Waals surface area contributed by atoms with Crippen LogP contribution in [0.25, 0.3) is 17.4 Å². The van der Waals surface area contributed by atoms with Gasteiger partial charge in [-0.05, 0) is 55.0 Å². The number of para-hydroxylation sites is 2. The van der Waals surface area contributed by atoms with Crippen LogP contribution in [0.15, 0.2) is 70.7 Å². The zero-order valence-corrected chi connectivity index (χ0v) is 17.0. The average molecular weight is 433 g/mol. The number of thiocarbonyl (C=S) groups is 1. The number of nitro benzene ring substituents is 1. The molecule has 0 saturated carbocycles. The monoisotopic (exact) mass is 433 g/mol. The SMILES string of the molecule is Cc1ccccc1N1C(=O)/C(=C\c2ccc(-c3ccccc3[N+](=O)[O-])o2)C(=O)NC1=S. The van der Waals surface area contributed by atoms with Crippen molar-refractivity contribution < 1.29 is 18.9 Å². The molecule has 0 radical (unpaired) electrons. The summed E-state index contributed by atoms with van der Waals surface area (Å²) in [6, 6.07) is 16.4. The van der Waals surface area contributed by atoms with Gasteiger partial charge < -0.3 is 4.42 Å². The molecule has 0 unspecified atom stereocenters. The molecule has 2 heterocycles. The van der Waals surface area contributed by atoms with Gasteiger partial charge in [0.25, 0.3) is 17.5 Å². The smallest absolute Gasteiger partial charge is 0.280 e. The maximum atomic E-state index is 13.1. The lowest BCUT2D eigenvalue weighted by Gasteiger charge is -2.29. The van der Waals surface area contributed by atoms with Crippen LogP contribution in [-0.4, -0.2) is 21.9 Å². The molecular formula is C22H15N3O5S. The number of nitro groups is 1. The van der Waals surface area contributed by atoms with Gasteiger partial charge in [-0.3, -0.25) is 29.9 Å². The zero-order valence-electron chi connectivity index (χ0n) is 16.2. The van der Waals surface area contributed by atoms with E-state index in [0.717, 1.165) is 5.56 Å². The lowest BCUT2D eigenvalue weighted by molar-refractivity contribution is -0.384. The summed E-state index contributed by atoms with van der Waals surface area (Å²) in [7, 11) is 0. The molecule has 0 aliphatic carbocycles. The van der Waals surface area contributed by atoms with Crippen LogP contribution in [0.2, 0.25) is 0 Å². The van der Waals surface area contributed by atoms with Crippen LogP contribution >= 0.6 is 12.2 Å². The number of rotatable bonds is 4. The van der Waals surface area contributed by atoms with Crippen molar-refractivity contribution in [2.45, 2.75) is 6.92 Å². The summed E-state index contributed by atoms with van der Waals surface area (Å²) in [5, 5.41) is 13.8. The van der Waals surface area contributed by atoms with Gasteiger partial charge in [-0.2, -0.15) is 0 Å². The van der Waals surface area contributed by atoms with E-state index in [2.05, 4.69) is 5.32 Å². The van der Waals surface area contributed by atoms with Crippen molar-refractivity contribution in [1.29, 1.82) is 0 Å². The number of benzene rings is 2. The first-order valence-electron chi connectivity index (χ1n) is 9.17. The molecule has 8 nitrogen and oxygen atoms in total. The highest BCUT2D eigenvalue weighted by Crippen LogP contribution is 2.32. The number of carbonyl (C=O) groups is 2. The average Bonchev–Trinajstić information content (AvgIpc) is 3.21. The number of nitrogens with zero attached hydrogens (tertiary/aromatic N) is 2. The van der Waals surface area contributed by atoms with Crippen molar-refractivity contribution in [2.75, 3.05) is 4.90 Å². The fourth-order valence-corrected chi connectivity index (χ4v) is 3.52. The van der Waals surface area contributed by atoms with Crippen LogP contribution in [0.5, 0.6) is 0 Å². The first-order valence-corrected chi connectivity index (χ1v) is 9.58. The minimum Gasteiger partial charge on any atom is -0.456 e. The predicted octanol–water partition coefficient (Wildman–Crippen LogP) is 3.99. The zero-order chi connectivity index (χ0) is 22.1. The molecule has 0 atom stereocenters. The highest BCUT2D eigenvalue weighted by molar-refractivity contribution is 7.80. The maximum Gasteiger partial charge on any atom is 0.280 e. The van der Waals surface area contributed by atoms with Crippen LogP contribution in [0.1, 0.15) is 11.3 Å². The molecule has 1 saturated heterocycles. The molecule has 2 amide bonds. The Kier molecular flexibility index (Phi) is 5.18. The molecule has 1 N–H and O–H groups in total. The van der Waals surface area contributed by atoms with E-state index in [0.29, 0.717) is 11.3 Å². The molecule has 1 fully saturated rings. The largest absolute Gasteiger partial charge is 0.456 e. The Bertz CT molecular complexity index is 1280. The minimum absolute atomic E-state index is 0.0125. The van der Waals surface area contributed by atoms with E-state index in [1.165, 1.54) is 23.1 Å². The van der Waals surface area contributed by atoms with Gasteiger partial charge in [0, 0.05) is 6.07 Å². The topological polar surface area (TPSA) is 106 Å². The molecule has 1 aliphatic heterocycles. The van der Waals surface area contributed by atoms with Crippen LogP contribution < -0.4 is 10.2 Å². The van der Waals surface area contributed by atoms with Crippen LogP contribution in [0.3, 0.4) is 0 Å². The third kappa shape index (κ3) is 3.74. The van der Waals surface area contributed by atoms with E-state index in [1.54, 1.807) is 36.4 Å². The highest BCUT2D eigenvalue weighted by atomic mass is 32.1. The third-order valence-corrected chi connectivity index (χ3v) is 5.02. The molecule has 2 aromatic carbocycles. The molecule has 1 aliphatic rings. The Morgan fingerprint density at radius 1 is 1.06 bits per heavy atom. The molecule has 0 spiro atoms. The first kappa shape index (κ1) is 20.2. The molecule has 9 heteroatoms. The summed E-state index contributed by atoms with van der Waals surface area (Å²) in [5.74, 6) is -0.798. The third-order valence-electron chi connectivity index (χ3n) is 4.74. The lowest BCUT2D eigenvalue weighted by atomic mass is 10.1. The predicted molar refractivity (Wildman–Crippen MR) is 118 cm³/mol. The van der Waals surface area contributed by atoms with Gasteiger partial charge in [-0.1, -0.05) is 30.3 Å². The summed E-state index contributed by atoms with van der Waals surface area (Å²) >= 11 is 5.21. The van der Waals surface area contributed by atoms with Gasteiger partial charge in [0.15, 0.2) is 5.11 Å². The molecule has 154 valence electrons. The Balaban J connectivity index is 1.71. The number of furan rings is 1. The van der Waals surface area contributed by atoms with Gasteiger partial charge in [-0.25, -0.2) is 0 Å². The lowest BCUT2D eigenvalue weighted by Crippen LogP contribution is -2.54. The summed E-state index contributed by atoms with van der Waals surface area (Å²) in [4.78, 5) is 37.6. The van der Waals surface area contributed by atoms with Crippen LogP contribution in [0.4, 0.5) is 11.4 Å². The van der Waals surface area contributed by atoms with E-state index in [4.69, 9.17) is 16.6 Å². The van der Waals surface area contributed by atoms with Crippen molar-refractivity contribution in [3.05, 3.63) is 87.7 Å². The molecule has 3 aromatic rings. The van der Waals surface area contributed by atoms with Crippen LogP contribution in [-0.2, 0) is 9.59 Å². The number of aryl methyl sites for hydroxylation is 1. The fourth-order valence-electron chi connectivity index (χ4n) is 3.25. The summed E-state index contributed by atoms with van der Waals surface area (Å²) in [6.45, 7) is 1.83. The van der Waals surface area contributed by atoms with Crippen molar-refractivity contribution in [3.63, 3.8) is 0 Å². The van der Waals surface area contributed by atoms with E-state index in [9.17, 15) is 19.7 Å².